The molecule has 3 rings (SSSR count). The molecule has 1 atom stereocenters. The van der Waals surface area contributed by atoms with Crippen LogP contribution in [-0.2, 0) is 4.79 Å². The lowest BCUT2D eigenvalue weighted by Crippen LogP contribution is -2.13. The molecule has 5 nitrogen and oxygen atoms in total. The van der Waals surface area contributed by atoms with Crippen LogP contribution in [0.2, 0.25) is 0 Å². The third-order valence-electron chi connectivity index (χ3n) is 2.85. The van der Waals surface area contributed by atoms with E-state index < -0.39 is 0 Å². The molecule has 0 spiro atoms. The Morgan fingerprint density at radius 1 is 1.21 bits per heavy atom. The predicted octanol–water partition coefficient (Wildman–Crippen LogP) is 4.05. The number of benzene rings is 1. The number of fused-ring (bicyclic) bond motifs is 1. The Kier molecular flexibility index (Phi) is 10.9. The predicted molar refractivity (Wildman–Crippen MR) is 99.4 cm³/mol. The lowest BCUT2D eigenvalue weighted by atomic mass is 10.1. The third-order valence-corrected chi connectivity index (χ3v) is 2.85. The van der Waals surface area contributed by atoms with Crippen molar-refractivity contribution in [2.45, 2.75) is 40.8 Å². The van der Waals surface area contributed by atoms with Crippen LogP contribution in [0, 0.1) is 6.92 Å². The summed E-state index contributed by atoms with van der Waals surface area (Å²) in [5.74, 6) is 0.913. The van der Waals surface area contributed by atoms with Crippen molar-refractivity contribution in [3.8, 4) is 16.9 Å². The first kappa shape index (κ1) is 21.6. The van der Waals surface area contributed by atoms with Gasteiger partial charge in [0.1, 0.15) is 12.5 Å². The molecule has 0 saturated carbocycles. The summed E-state index contributed by atoms with van der Waals surface area (Å²) in [5.41, 5.74) is 4.48. The molecule has 2 N–H and O–H groups in total. The van der Waals surface area contributed by atoms with Gasteiger partial charge in [0, 0.05) is 24.6 Å². The second-order valence-electron chi connectivity index (χ2n) is 4.68. The van der Waals surface area contributed by atoms with E-state index in [1.165, 1.54) is 0 Å². The zero-order valence-corrected chi connectivity index (χ0v) is 15.2. The Hall–Kier alpha value is -2.40. The number of aliphatic hydroxyl groups is 1. The van der Waals surface area contributed by atoms with Gasteiger partial charge < -0.3 is 20.0 Å². The summed E-state index contributed by atoms with van der Waals surface area (Å²) < 4.78 is 5.67. The van der Waals surface area contributed by atoms with Crippen molar-refractivity contribution in [2.75, 3.05) is 11.9 Å². The molecule has 24 heavy (non-hydrogen) atoms. The molecule has 5 heteroatoms. The number of carbonyl (C=O) groups excluding carboxylic acids is 1. The maximum atomic E-state index is 8.00. The van der Waals surface area contributed by atoms with Gasteiger partial charge in [-0.15, -0.1) is 0 Å². The van der Waals surface area contributed by atoms with E-state index in [2.05, 4.69) is 34.6 Å². The Morgan fingerprint density at radius 2 is 1.83 bits per heavy atom. The summed E-state index contributed by atoms with van der Waals surface area (Å²) in [6.45, 7) is 12.0. The molecule has 2 aromatic rings. The zero-order valence-electron chi connectivity index (χ0n) is 15.2. The second-order valence-corrected chi connectivity index (χ2v) is 4.68. The van der Waals surface area contributed by atoms with Crippen LogP contribution in [0.15, 0.2) is 36.7 Å². The highest BCUT2D eigenvalue weighted by molar-refractivity contribution is 5.72. The molecule has 1 aromatic carbocycles. The SMILES string of the molecule is C=O.CC.CCO.Cc1cncc(-c2ccc3c(c2)OC(C)N3)c1. The van der Waals surface area contributed by atoms with Crippen LogP contribution in [0.5, 0.6) is 5.75 Å². The molecule has 2 heterocycles. The van der Waals surface area contributed by atoms with E-state index >= 15 is 0 Å². The summed E-state index contributed by atoms with van der Waals surface area (Å²) in [4.78, 5) is 12.2. The van der Waals surface area contributed by atoms with E-state index in [1.54, 1.807) is 6.92 Å². The van der Waals surface area contributed by atoms with Crippen molar-refractivity contribution in [3.05, 3.63) is 42.2 Å². The van der Waals surface area contributed by atoms with Crippen molar-refractivity contribution in [2.24, 2.45) is 0 Å². The number of pyridine rings is 1. The number of hydrogen-bond donors (Lipinski definition) is 2. The van der Waals surface area contributed by atoms with Gasteiger partial charge in [0.25, 0.3) is 0 Å². The molecule has 0 aliphatic carbocycles. The first-order valence-corrected chi connectivity index (χ1v) is 8.03. The van der Waals surface area contributed by atoms with Crippen molar-refractivity contribution < 1.29 is 14.6 Å². The molecule has 1 unspecified atom stereocenters. The number of aryl methyl sites for hydroxylation is 1. The van der Waals surface area contributed by atoms with Crippen molar-refractivity contribution >= 4 is 12.5 Å². The second kappa shape index (κ2) is 12.1. The summed E-state index contributed by atoms with van der Waals surface area (Å²) >= 11 is 0. The van der Waals surface area contributed by atoms with E-state index in [4.69, 9.17) is 14.6 Å². The van der Waals surface area contributed by atoms with Gasteiger partial charge in [0.05, 0.1) is 5.69 Å². The molecule has 1 aromatic heterocycles. The highest BCUT2D eigenvalue weighted by Gasteiger charge is 2.17. The van der Waals surface area contributed by atoms with Crippen LogP contribution in [0.3, 0.4) is 0 Å². The monoisotopic (exact) mass is 332 g/mol. The number of aliphatic hydroxyl groups excluding tert-OH is 1. The van der Waals surface area contributed by atoms with Crippen LogP contribution in [0.25, 0.3) is 11.1 Å². The van der Waals surface area contributed by atoms with Gasteiger partial charge in [-0.3, -0.25) is 4.98 Å². The molecule has 132 valence electrons. The molecule has 0 fully saturated rings. The molecular formula is C19H28N2O3. The number of nitrogens with zero attached hydrogens (tertiary/aromatic N) is 1. The van der Waals surface area contributed by atoms with Crippen molar-refractivity contribution in [1.82, 2.24) is 4.98 Å². The molecule has 0 bridgehead atoms. The number of carbonyl (C=O) groups is 1. The van der Waals surface area contributed by atoms with Crippen LogP contribution in [-0.4, -0.2) is 29.7 Å². The number of rotatable bonds is 1. The third kappa shape index (κ3) is 6.38. The largest absolute Gasteiger partial charge is 0.469 e. The lowest BCUT2D eigenvalue weighted by molar-refractivity contribution is -0.0979. The van der Waals surface area contributed by atoms with Crippen molar-refractivity contribution in [3.63, 3.8) is 0 Å². The van der Waals surface area contributed by atoms with E-state index in [-0.39, 0.29) is 12.8 Å². The standard InChI is InChI=1S/C14H14N2O.C2H6O.C2H6.CH2O/c1-9-5-12(8-15-7-9)11-3-4-13-14(6-11)17-10(2)16-13;1-2-3;2*1-2/h3-8,10,16H,1-2H3;3H,2H2,1H3;1-2H3;1H2. The van der Waals surface area contributed by atoms with Gasteiger partial charge in [0.2, 0.25) is 0 Å². The Morgan fingerprint density at radius 3 is 2.42 bits per heavy atom. The number of aromatic nitrogens is 1. The fourth-order valence-corrected chi connectivity index (χ4v) is 2.07. The minimum absolute atomic E-state index is 0.0517. The normalized spacial score (nSPS) is 13.3. The average Bonchev–Trinajstić information content (AvgIpc) is 2.98. The van der Waals surface area contributed by atoms with Crippen molar-refractivity contribution in [1.29, 1.82) is 0 Å². The molecule has 1 aliphatic rings. The average molecular weight is 332 g/mol. The highest BCUT2D eigenvalue weighted by atomic mass is 16.5. The number of nitrogens with one attached hydrogen (secondary N) is 1. The van der Waals surface area contributed by atoms with E-state index in [1.807, 2.05) is 46.9 Å². The minimum atomic E-state index is 0.0517. The van der Waals surface area contributed by atoms with Gasteiger partial charge in [-0.05, 0) is 50.1 Å². The van der Waals surface area contributed by atoms with E-state index in [0.717, 1.165) is 28.1 Å². The Balaban J connectivity index is 0.000000667. The summed E-state index contributed by atoms with van der Waals surface area (Å²) in [6, 6.07) is 8.32. The first-order valence-electron chi connectivity index (χ1n) is 8.03. The van der Waals surface area contributed by atoms with Gasteiger partial charge in [0.15, 0.2) is 6.23 Å². The van der Waals surface area contributed by atoms with Gasteiger partial charge in [-0.1, -0.05) is 19.9 Å². The summed E-state index contributed by atoms with van der Waals surface area (Å²) in [5, 5.41) is 10.8. The zero-order chi connectivity index (χ0) is 18.5. The minimum Gasteiger partial charge on any atom is -0.469 e. The van der Waals surface area contributed by atoms with E-state index in [0.29, 0.717) is 0 Å². The fraction of sp³-hybridized carbons (Fsp3) is 0.368. The van der Waals surface area contributed by atoms with Crippen LogP contribution in [0.4, 0.5) is 5.69 Å². The van der Waals surface area contributed by atoms with Gasteiger partial charge in [-0.2, -0.15) is 0 Å². The smallest absolute Gasteiger partial charge is 0.167 e. The van der Waals surface area contributed by atoms with Crippen LogP contribution in [0.1, 0.15) is 33.3 Å². The maximum absolute atomic E-state index is 8.00. The quantitative estimate of drug-likeness (QED) is 0.824. The molecule has 1 aliphatic heterocycles. The highest BCUT2D eigenvalue weighted by Crippen LogP contribution is 2.35. The lowest BCUT2D eigenvalue weighted by Gasteiger charge is -2.04. The van der Waals surface area contributed by atoms with Crippen LogP contribution >= 0.6 is 0 Å². The number of ether oxygens (including phenoxy) is 1. The number of anilines is 1. The Labute approximate surface area is 144 Å². The van der Waals surface area contributed by atoms with E-state index in [9.17, 15) is 0 Å². The molecule has 0 saturated heterocycles. The Bertz CT molecular complexity index is 603. The first-order chi connectivity index (χ1) is 11.6. The maximum Gasteiger partial charge on any atom is 0.167 e. The van der Waals surface area contributed by atoms with Gasteiger partial charge >= 0.3 is 0 Å². The topological polar surface area (TPSA) is 71.5 Å². The molecule has 0 amide bonds. The van der Waals surface area contributed by atoms with Gasteiger partial charge in [-0.25, -0.2) is 0 Å². The number of hydrogen-bond acceptors (Lipinski definition) is 5. The molecule has 0 radical (unpaired) electrons. The summed E-state index contributed by atoms with van der Waals surface area (Å²) in [7, 11) is 0. The summed E-state index contributed by atoms with van der Waals surface area (Å²) in [6.07, 6.45) is 3.79. The fourth-order valence-electron chi connectivity index (χ4n) is 2.07. The molecular weight excluding hydrogens is 304 g/mol. The van der Waals surface area contributed by atoms with Crippen LogP contribution < -0.4 is 10.1 Å².